The predicted octanol–water partition coefficient (Wildman–Crippen LogP) is 2.47. The van der Waals surface area contributed by atoms with Gasteiger partial charge in [0.25, 0.3) is 0 Å². The molecule has 0 radical (unpaired) electrons. The minimum atomic E-state index is -0.346. The van der Waals surface area contributed by atoms with Crippen LogP contribution in [0.3, 0.4) is 0 Å². The molecule has 2 saturated heterocycles. The number of likely N-dealkylation sites (tertiary alicyclic amines) is 1. The van der Waals surface area contributed by atoms with Crippen LogP contribution >= 0.6 is 0 Å². The van der Waals surface area contributed by atoms with E-state index in [2.05, 4.69) is 10.6 Å². The SMILES string of the molecule is CCOC(=O)c1ccc(NC(=O)N2CC[C@@]3(CCCNC3)C2)cc1. The summed E-state index contributed by atoms with van der Waals surface area (Å²) in [4.78, 5) is 26.0. The van der Waals surface area contributed by atoms with Crippen LogP contribution in [0.1, 0.15) is 36.5 Å². The van der Waals surface area contributed by atoms with Gasteiger partial charge in [-0.3, -0.25) is 0 Å². The fourth-order valence-electron chi connectivity index (χ4n) is 3.59. The van der Waals surface area contributed by atoms with Crippen LogP contribution in [-0.4, -0.2) is 49.7 Å². The molecule has 2 amide bonds. The van der Waals surface area contributed by atoms with E-state index >= 15 is 0 Å². The van der Waals surface area contributed by atoms with Crippen molar-refractivity contribution in [1.29, 1.82) is 0 Å². The molecule has 0 aliphatic carbocycles. The Morgan fingerprint density at radius 3 is 2.75 bits per heavy atom. The van der Waals surface area contributed by atoms with Crippen molar-refractivity contribution in [1.82, 2.24) is 10.2 Å². The molecule has 0 aromatic heterocycles. The number of hydrogen-bond acceptors (Lipinski definition) is 4. The molecular formula is C18H25N3O3. The van der Waals surface area contributed by atoms with Crippen molar-refractivity contribution >= 4 is 17.7 Å². The summed E-state index contributed by atoms with van der Waals surface area (Å²) in [6.07, 6.45) is 3.44. The van der Waals surface area contributed by atoms with E-state index in [1.165, 1.54) is 12.8 Å². The number of urea groups is 1. The number of benzene rings is 1. The minimum absolute atomic E-state index is 0.0682. The predicted molar refractivity (Wildman–Crippen MR) is 92.1 cm³/mol. The number of carbonyl (C=O) groups excluding carboxylic acids is 2. The summed E-state index contributed by atoms with van der Waals surface area (Å²) in [5, 5.41) is 6.37. The van der Waals surface area contributed by atoms with Crippen LogP contribution in [0.15, 0.2) is 24.3 Å². The van der Waals surface area contributed by atoms with Gasteiger partial charge in [-0.25, -0.2) is 9.59 Å². The first-order valence-electron chi connectivity index (χ1n) is 8.66. The van der Waals surface area contributed by atoms with Crippen molar-refractivity contribution in [3.05, 3.63) is 29.8 Å². The molecule has 2 N–H and O–H groups in total. The molecule has 1 aromatic rings. The van der Waals surface area contributed by atoms with Crippen molar-refractivity contribution < 1.29 is 14.3 Å². The van der Waals surface area contributed by atoms with Gasteiger partial charge in [0.15, 0.2) is 0 Å². The van der Waals surface area contributed by atoms with Crippen molar-refractivity contribution in [3.63, 3.8) is 0 Å². The van der Waals surface area contributed by atoms with E-state index in [0.717, 1.165) is 32.6 Å². The smallest absolute Gasteiger partial charge is 0.338 e. The maximum Gasteiger partial charge on any atom is 0.338 e. The Morgan fingerprint density at radius 1 is 1.29 bits per heavy atom. The molecule has 0 saturated carbocycles. The molecule has 6 heteroatoms. The molecule has 3 rings (SSSR count). The molecule has 0 bridgehead atoms. The Hall–Kier alpha value is -2.08. The number of ether oxygens (including phenoxy) is 1. The number of hydrogen-bond donors (Lipinski definition) is 2. The molecule has 24 heavy (non-hydrogen) atoms. The van der Waals surface area contributed by atoms with Crippen LogP contribution in [0.2, 0.25) is 0 Å². The second-order valence-electron chi connectivity index (χ2n) is 6.68. The summed E-state index contributed by atoms with van der Waals surface area (Å²) < 4.78 is 4.95. The Bertz CT molecular complexity index is 594. The van der Waals surface area contributed by atoms with Gasteiger partial charge in [0, 0.05) is 30.7 Å². The molecule has 0 unspecified atom stereocenters. The number of nitrogens with zero attached hydrogens (tertiary/aromatic N) is 1. The number of piperidine rings is 1. The van der Waals surface area contributed by atoms with E-state index in [1.807, 2.05) is 4.90 Å². The highest BCUT2D eigenvalue weighted by Gasteiger charge is 2.40. The highest BCUT2D eigenvalue weighted by atomic mass is 16.5. The average Bonchev–Trinajstić information content (AvgIpc) is 3.00. The Labute approximate surface area is 142 Å². The van der Waals surface area contributed by atoms with Gasteiger partial charge >= 0.3 is 12.0 Å². The number of amides is 2. The van der Waals surface area contributed by atoms with Crippen molar-refractivity contribution in [2.24, 2.45) is 5.41 Å². The fourth-order valence-corrected chi connectivity index (χ4v) is 3.59. The van der Waals surface area contributed by atoms with Gasteiger partial charge in [0.1, 0.15) is 0 Å². The first kappa shape index (κ1) is 16.8. The minimum Gasteiger partial charge on any atom is -0.462 e. The van der Waals surface area contributed by atoms with Gasteiger partial charge in [-0.2, -0.15) is 0 Å². The third-order valence-corrected chi connectivity index (χ3v) is 4.93. The van der Waals surface area contributed by atoms with Gasteiger partial charge in [-0.05, 0) is 57.0 Å². The molecule has 1 spiro atoms. The summed E-state index contributed by atoms with van der Waals surface area (Å²) >= 11 is 0. The largest absolute Gasteiger partial charge is 0.462 e. The second-order valence-corrected chi connectivity index (χ2v) is 6.68. The third-order valence-electron chi connectivity index (χ3n) is 4.93. The third kappa shape index (κ3) is 3.70. The van der Waals surface area contributed by atoms with Crippen molar-refractivity contribution in [2.75, 3.05) is 38.1 Å². The summed E-state index contributed by atoms with van der Waals surface area (Å²) in [6.45, 7) is 5.83. The lowest BCUT2D eigenvalue weighted by Gasteiger charge is -2.33. The van der Waals surface area contributed by atoms with E-state index in [-0.39, 0.29) is 17.4 Å². The molecule has 2 fully saturated rings. The quantitative estimate of drug-likeness (QED) is 0.835. The zero-order chi connectivity index (χ0) is 17.0. The number of esters is 1. The Kier molecular flexibility index (Phi) is 5.04. The molecular weight excluding hydrogens is 306 g/mol. The van der Waals surface area contributed by atoms with Crippen LogP contribution < -0.4 is 10.6 Å². The highest BCUT2D eigenvalue weighted by Crippen LogP contribution is 2.36. The summed E-state index contributed by atoms with van der Waals surface area (Å²) in [6, 6.07) is 6.74. The molecule has 1 aromatic carbocycles. The zero-order valence-electron chi connectivity index (χ0n) is 14.1. The lowest BCUT2D eigenvalue weighted by Crippen LogP contribution is -2.43. The first-order chi connectivity index (χ1) is 11.6. The fraction of sp³-hybridized carbons (Fsp3) is 0.556. The number of carbonyl (C=O) groups is 2. The molecule has 2 aliphatic heterocycles. The maximum absolute atomic E-state index is 12.5. The maximum atomic E-state index is 12.5. The monoisotopic (exact) mass is 331 g/mol. The number of nitrogens with one attached hydrogen (secondary N) is 2. The molecule has 2 aliphatic rings. The van der Waals surface area contributed by atoms with Gasteiger partial charge in [0.05, 0.1) is 12.2 Å². The van der Waals surface area contributed by atoms with Crippen LogP contribution in [0, 0.1) is 5.41 Å². The van der Waals surface area contributed by atoms with Crippen LogP contribution in [0.25, 0.3) is 0 Å². The summed E-state index contributed by atoms with van der Waals surface area (Å²) in [7, 11) is 0. The van der Waals surface area contributed by atoms with Crippen LogP contribution in [0.4, 0.5) is 10.5 Å². The molecule has 130 valence electrons. The molecule has 6 nitrogen and oxygen atoms in total. The molecule has 2 heterocycles. The van der Waals surface area contributed by atoms with E-state index in [9.17, 15) is 9.59 Å². The van der Waals surface area contributed by atoms with Gasteiger partial charge in [-0.15, -0.1) is 0 Å². The Balaban J connectivity index is 1.56. The van der Waals surface area contributed by atoms with Gasteiger partial charge < -0.3 is 20.3 Å². The topological polar surface area (TPSA) is 70.7 Å². The zero-order valence-corrected chi connectivity index (χ0v) is 14.1. The standard InChI is InChI=1S/C18H25N3O3/c1-2-24-16(22)14-4-6-15(7-5-14)20-17(23)21-11-9-18(13-21)8-3-10-19-12-18/h4-7,19H,2-3,8-13H2,1H3,(H,20,23)/t18-/m1/s1. The van der Waals surface area contributed by atoms with Gasteiger partial charge in [-0.1, -0.05) is 0 Å². The highest BCUT2D eigenvalue weighted by molar-refractivity contribution is 5.92. The van der Waals surface area contributed by atoms with E-state index < -0.39 is 0 Å². The van der Waals surface area contributed by atoms with Crippen LogP contribution in [0.5, 0.6) is 0 Å². The van der Waals surface area contributed by atoms with E-state index in [0.29, 0.717) is 17.9 Å². The summed E-state index contributed by atoms with van der Waals surface area (Å²) in [5.41, 5.74) is 1.43. The molecule has 1 atom stereocenters. The van der Waals surface area contributed by atoms with Crippen molar-refractivity contribution in [3.8, 4) is 0 Å². The number of rotatable bonds is 3. The van der Waals surface area contributed by atoms with E-state index in [1.54, 1.807) is 31.2 Å². The summed E-state index contributed by atoms with van der Waals surface area (Å²) in [5.74, 6) is -0.346. The average molecular weight is 331 g/mol. The lowest BCUT2D eigenvalue weighted by atomic mass is 9.80. The Morgan fingerprint density at radius 2 is 2.08 bits per heavy atom. The van der Waals surface area contributed by atoms with E-state index in [4.69, 9.17) is 4.74 Å². The van der Waals surface area contributed by atoms with Crippen LogP contribution in [-0.2, 0) is 4.74 Å². The normalized spacial score (nSPS) is 23.3. The van der Waals surface area contributed by atoms with Gasteiger partial charge in [0.2, 0.25) is 0 Å². The second kappa shape index (κ2) is 7.21. The first-order valence-corrected chi connectivity index (χ1v) is 8.66. The van der Waals surface area contributed by atoms with Crippen molar-refractivity contribution in [2.45, 2.75) is 26.2 Å². The lowest BCUT2D eigenvalue weighted by molar-refractivity contribution is 0.0526. The number of anilines is 1.